The number of hydrogen-bond donors (Lipinski definition) is 3. The summed E-state index contributed by atoms with van der Waals surface area (Å²) in [6, 6.07) is 0. The van der Waals surface area contributed by atoms with Crippen molar-refractivity contribution in [3.8, 4) is 0 Å². The van der Waals surface area contributed by atoms with E-state index in [4.69, 9.17) is 10.5 Å². The molecule has 1 saturated heterocycles. The van der Waals surface area contributed by atoms with E-state index >= 15 is 0 Å². The van der Waals surface area contributed by atoms with E-state index in [1.54, 1.807) is 0 Å². The van der Waals surface area contributed by atoms with Crippen molar-refractivity contribution in [3.63, 3.8) is 0 Å². The van der Waals surface area contributed by atoms with Gasteiger partial charge >= 0.3 is 0 Å². The first-order valence-electron chi connectivity index (χ1n) is 5.88. The van der Waals surface area contributed by atoms with Crippen LogP contribution in [0.5, 0.6) is 0 Å². The van der Waals surface area contributed by atoms with Crippen LogP contribution in [0.15, 0.2) is 0 Å². The second kappa shape index (κ2) is 4.31. The lowest BCUT2D eigenvalue weighted by molar-refractivity contribution is -0.137. The van der Waals surface area contributed by atoms with Crippen LogP contribution in [0.2, 0.25) is 0 Å². The molecule has 92 valence electrons. The summed E-state index contributed by atoms with van der Waals surface area (Å²) in [6.45, 7) is 1.56. The molecule has 0 aromatic heterocycles. The van der Waals surface area contributed by atoms with Crippen molar-refractivity contribution in [2.24, 2.45) is 11.1 Å². The number of carbonyl (C=O) groups excluding carboxylic acids is 1. The Morgan fingerprint density at radius 3 is 2.38 bits per heavy atom. The van der Waals surface area contributed by atoms with Gasteiger partial charge in [0.15, 0.2) is 0 Å². The van der Waals surface area contributed by atoms with Crippen molar-refractivity contribution in [3.05, 3.63) is 0 Å². The van der Waals surface area contributed by atoms with Crippen LogP contribution in [0, 0.1) is 5.41 Å². The topological polar surface area (TPSA) is 84.6 Å². The van der Waals surface area contributed by atoms with E-state index in [1.807, 2.05) is 0 Å². The zero-order valence-corrected chi connectivity index (χ0v) is 9.50. The number of nitrogens with two attached hydrogens (primary N) is 1. The van der Waals surface area contributed by atoms with E-state index in [9.17, 15) is 9.90 Å². The number of carbonyl (C=O) groups is 1. The lowest BCUT2D eigenvalue weighted by Crippen LogP contribution is -2.53. The number of aliphatic hydroxyl groups excluding tert-OH is 1. The Labute approximate surface area is 95.3 Å². The molecular formula is C11H20N2O3. The molecule has 16 heavy (non-hydrogen) atoms. The summed E-state index contributed by atoms with van der Waals surface area (Å²) in [6.07, 6.45) is 3.09. The Kier molecular flexibility index (Phi) is 3.19. The SMILES string of the molecule is NCC1(C(=O)NC2(CO)CC2)CCOCC1. The fourth-order valence-corrected chi connectivity index (χ4v) is 2.13. The van der Waals surface area contributed by atoms with Gasteiger partial charge in [0.05, 0.1) is 17.6 Å². The first-order valence-corrected chi connectivity index (χ1v) is 5.88. The van der Waals surface area contributed by atoms with Gasteiger partial charge in [-0.05, 0) is 25.7 Å². The molecule has 5 heteroatoms. The maximum absolute atomic E-state index is 12.2. The summed E-state index contributed by atoms with van der Waals surface area (Å²) in [5.41, 5.74) is 4.91. The summed E-state index contributed by atoms with van der Waals surface area (Å²) in [5.74, 6) is -0.00940. The third-order valence-electron chi connectivity index (χ3n) is 3.86. The minimum atomic E-state index is -0.483. The Morgan fingerprint density at radius 2 is 1.94 bits per heavy atom. The van der Waals surface area contributed by atoms with Gasteiger partial charge in [0.25, 0.3) is 0 Å². The van der Waals surface area contributed by atoms with Gasteiger partial charge in [-0.15, -0.1) is 0 Å². The van der Waals surface area contributed by atoms with Gasteiger partial charge in [0.2, 0.25) is 5.91 Å². The monoisotopic (exact) mass is 228 g/mol. The summed E-state index contributed by atoms with van der Waals surface area (Å²) in [7, 11) is 0. The summed E-state index contributed by atoms with van der Waals surface area (Å²) >= 11 is 0. The van der Waals surface area contributed by atoms with Crippen LogP contribution in [-0.4, -0.2) is 42.9 Å². The average Bonchev–Trinajstić information content (AvgIpc) is 3.10. The Morgan fingerprint density at radius 1 is 1.31 bits per heavy atom. The minimum absolute atomic E-state index is 0.00940. The van der Waals surface area contributed by atoms with Gasteiger partial charge in [0, 0.05) is 19.8 Å². The lowest BCUT2D eigenvalue weighted by atomic mass is 9.79. The highest BCUT2D eigenvalue weighted by molar-refractivity contribution is 5.84. The first-order chi connectivity index (χ1) is 7.66. The van der Waals surface area contributed by atoms with Gasteiger partial charge in [-0.1, -0.05) is 0 Å². The third-order valence-corrected chi connectivity index (χ3v) is 3.86. The minimum Gasteiger partial charge on any atom is -0.394 e. The second-order valence-corrected chi connectivity index (χ2v) is 4.99. The fourth-order valence-electron chi connectivity index (χ4n) is 2.13. The second-order valence-electron chi connectivity index (χ2n) is 4.99. The van der Waals surface area contributed by atoms with Crippen LogP contribution < -0.4 is 11.1 Å². The van der Waals surface area contributed by atoms with Crippen LogP contribution in [0.25, 0.3) is 0 Å². The molecule has 1 amide bonds. The highest BCUT2D eigenvalue weighted by atomic mass is 16.5. The number of nitrogens with one attached hydrogen (secondary N) is 1. The Bertz CT molecular complexity index is 270. The van der Waals surface area contributed by atoms with Gasteiger partial charge in [0.1, 0.15) is 0 Å². The standard InChI is InChI=1S/C11H20N2O3/c12-7-10(3-5-16-6-4-10)9(15)13-11(8-14)1-2-11/h14H,1-8,12H2,(H,13,15). The van der Waals surface area contributed by atoms with Crippen LogP contribution in [0.1, 0.15) is 25.7 Å². The average molecular weight is 228 g/mol. The normalized spacial score (nSPS) is 26.1. The van der Waals surface area contributed by atoms with Crippen molar-refractivity contribution in [1.29, 1.82) is 0 Å². The van der Waals surface area contributed by atoms with Crippen LogP contribution in [0.4, 0.5) is 0 Å². The fraction of sp³-hybridized carbons (Fsp3) is 0.909. The zero-order valence-electron chi connectivity index (χ0n) is 9.50. The number of ether oxygens (including phenoxy) is 1. The van der Waals surface area contributed by atoms with Gasteiger partial charge in [-0.25, -0.2) is 0 Å². The molecule has 1 heterocycles. The number of hydrogen-bond acceptors (Lipinski definition) is 4. The van der Waals surface area contributed by atoms with Crippen LogP contribution in [-0.2, 0) is 9.53 Å². The van der Waals surface area contributed by atoms with E-state index in [2.05, 4.69) is 5.32 Å². The third kappa shape index (κ3) is 2.07. The Balaban J connectivity index is 2.00. The van der Waals surface area contributed by atoms with Crippen LogP contribution >= 0.6 is 0 Å². The lowest BCUT2D eigenvalue weighted by Gasteiger charge is -2.35. The molecule has 1 aliphatic carbocycles. The molecule has 5 nitrogen and oxygen atoms in total. The molecule has 0 unspecified atom stereocenters. The quantitative estimate of drug-likeness (QED) is 0.599. The van der Waals surface area contributed by atoms with E-state index in [0.717, 1.165) is 12.8 Å². The zero-order chi connectivity index (χ0) is 11.6. The molecule has 2 fully saturated rings. The molecule has 2 rings (SSSR count). The summed E-state index contributed by atoms with van der Waals surface area (Å²) < 4.78 is 5.26. The van der Waals surface area contributed by atoms with Crippen molar-refractivity contribution >= 4 is 5.91 Å². The van der Waals surface area contributed by atoms with Crippen molar-refractivity contribution in [1.82, 2.24) is 5.32 Å². The predicted molar refractivity (Wildman–Crippen MR) is 58.7 cm³/mol. The summed E-state index contributed by atoms with van der Waals surface area (Å²) in [4.78, 5) is 12.2. The first kappa shape index (κ1) is 11.8. The molecule has 0 atom stereocenters. The molecule has 0 aromatic carbocycles. The molecule has 2 aliphatic rings. The number of rotatable bonds is 4. The molecule has 0 aromatic rings. The number of aliphatic hydroxyl groups is 1. The predicted octanol–water partition coefficient (Wildman–Crippen LogP) is -0.617. The highest BCUT2D eigenvalue weighted by Crippen LogP contribution is 2.37. The van der Waals surface area contributed by atoms with Gasteiger partial charge in [-0.3, -0.25) is 4.79 Å². The van der Waals surface area contributed by atoms with Crippen molar-refractivity contribution in [2.45, 2.75) is 31.2 Å². The van der Waals surface area contributed by atoms with Crippen molar-refractivity contribution < 1.29 is 14.6 Å². The van der Waals surface area contributed by atoms with Crippen LogP contribution in [0.3, 0.4) is 0 Å². The summed E-state index contributed by atoms with van der Waals surface area (Å²) in [5, 5.41) is 12.1. The van der Waals surface area contributed by atoms with Gasteiger partial charge in [-0.2, -0.15) is 0 Å². The highest BCUT2D eigenvalue weighted by Gasteiger charge is 2.48. The molecule has 1 aliphatic heterocycles. The van der Waals surface area contributed by atoms with Crippen molar-refractivity contribution in [2.75, 3.05) is 26.4 Å². The molecule has 4 N–H and O–H groups in total. The molecule has 0 bridgehead atoms. The van der Waals surface area contributed by atoms with E-state index in [1.165, 1.54) is 0 Å². The van der Waals surface area contributed by atoms with E-state index < -0.39 is 5.41 Å². The molecule has 0 spiro atoms. The molecule has 0 radical (unpaired) electrons. The van der Waals surface area contributed by atoms with E-state index in [0.29, 0.717) is 32.6 Å². The molecule has 1 saturated carbocycles. The number of amides is 1. The maximum atomic E-state index is 12.2. The van der Waals surface area contributed by atoms with E-state index in [-0.39, 0.29) is 18.1 Å². The van der Waals surface area contributed by atoms with Gasteiger partial charge < -0.3 is 20.9 Å². The Hall–Kier alpha value is -0.650. The largest absolute Gasteiger partial charge is 0.394 e. The molecular weight excluding hydrogens is 208 g/mol. The smallest absolute Gasteiger partial charge is 0.228 e. The maximum Gasteiger partial charge on any atom is 0.228 e.